The van der Waals surface area contributed by atoms with E-state index in [0.717, 1.165) is 22.4 Å². The highest BCUT2D eigenvalue weighted by molar-refractivity contribution is 7.99. The van der Waals surface area contributed by atoms with Gasteiger partial charge in [0.05, 0.1) is 11.4 Å². The molecular weight excluding hydrogens is 220 g/mol. The summed E-state index contributed by atoms with van der Waals surface area (Å²) in [5.41, 5.74) is 7.69. The summed E-state index contributed by atoms with van der Waals surface area (Å²) >= 11 is 1.97. The Balaban J connectivity index is 2.04. The average molecular weight is 240 g/mol. The lowest BCUT2D eigenvalue weighted by Gasteiger charge is -2.14. The van der Waals surface area contributed by atoms with E-state index in [4.69, 9.17) is 5.73 Å². The molecule has 0 amide bonds. The van der Waals surface area contributed by atoms with E-state index in [1.807, 2.05) is 30.4 Å². The van der Waals surface area contributed by atoms with Crippen LogP contribution in [-0.4, -0.2) is 27.3 Å². The zero-order valence-electron chi connectivity index (χ0n) is 10.2. The van der Waals surface area contributed by atoms with Gasteiger partial charge >= 0.3 is 0 Å². The van der Waals surface area contributed by atoms with Crippen LogP contribution in [0, 0.1) is 6.92 Å². The molecule has 1 aliphatic rings. The third-order valence-corrected chi connectivity index (χ3v) is 4.42. The monoisotopic (exact) mass is 240 g/mol. The number of nitrogens with one attached hydrogen (secondary N) is 1. The number of hydrogen-bond acceptors (Lipinski definition) is 4. The van der Waals surface area contributed by atoms with Crippen molar-refractivity contribution in [3.8, 4) is 0 Å². The molecule has 0 spiro atoms. The topological polar surface area (TPSA) is 55.9 Å². The summed E-state index contributed by atoms with van der Waals surface area (Å²) in [6.07, 6.45) is 5.95. The van der Waals surface area contributed by atoms with E-state index in [0.29, 0.717) is 6.04 Å². The second-order valence-corrected chi connectivity index (χ2v) is 5.62. The van der Waals surface area contributed by atoms with Gasteiger partial charge in [-0.3, -0.25) is 4.68 Å². The highest BCUT2D eigenvalue weighted by atomic mass is 32.2. The van der Waals surface area contributed by atoms with Crippen LogP contribution in [0.25, 0.3) is 0 Å². The molecule has 2 atom stereocenters. The SMILES string of the molecule is CSC1CCC(Nc2c(N)c(C)nn2C)C1. The first-order valence-electron chi connectivity index (χ1n) is 5.70. The first kappa shape index (κ1) is 11.6. The van der Waals surface area contributed by atoms with Crippen molar-refractivity contribution >= 4 is 23.3 Å². The number of thioether (sulfide) groups is 1. The Bertz CT molecular complexity index is 374. The third-order valence-electron chi connectivity index (χ3n) is 3.33. The zero-order valence-corrected chi connectivity index (χ0v) is 11.0. The summed E-state index contributed by atoms with van der Waals surface area (Å²) in [5, 5.41) is 8.64. The fraction of sp³-hybridized carbons (Fsp3) is 0.727. The van der Waals surface area contributed by atoms with Gasteiger partial charge in [0.2, 0.25) is 0 Å². The molecule has 0 bridgehead atoms. The number of aromatic nitrogens is 2. The summed E-state index contributed by atoms with van der Waals surface area (Å²) in [6, 6.07) is 0.551. The fourth-order valence-corrected chi connectivity index (χ4v) is 3.12. The lowest BCUT2D eigenvalue weighted by molar-refractivity contribution is 0.709. The second kappa shape index (κ2) is 4.57. The highest BCUT2D eigenvalue weighted by Gasteiger charge is 2.25. The number of aryl methyl sites for hydroxylation is 2. The molecule has 0 saturated heterocycles. The van der Waals surface area contributed by atoms with Crippen molar-refractivity contribution in [3.05, 3.63) is 5.69 Å². The molecule has 16 heavy (non-hydrogen) atoms. The molecule has 1 saturated carbocycles. The van der Waals surface area contributed by atoms with Crippen molar-refractivity contribution in [2.24, 2.45) is 7.05 Å². The Hall–Kier alpha value is -0.840. The van der Waals surface area contributed by atoms with Crippen LogP contribution >= 0.6 is 11.8 Å². The molecule has 0 radical (unpaired) electrons. The number of hydrogen-bond donors (Lipinski definition) is 2. The molecule has 1 aliphatic carbocycles. The lowest BCUT2D eigenvalue weighted by Crippen LogP contribution is -2.18. The first-order chi connectivity index (χ1) is 7.61. The van der Waals surface area contributed by atoms with Crippen LogP contribution in [0.2, 0.25) is 0 Å². The molecule has 0 aliphatic heterocycles. The number of nitrogen functional groups attached to an aromatic ring is 1. The quantitative estimate of drug-likeness (QED) is 0.848. The van der Waals surface area contributed by atoms with Gasteiger partial charge in [0.15, 0.2) is 0 Å². The van der Waals surface area contributed by atoms with Crippen LogP contribution in [0.4, 0.5) is 11.5 Å². The second-order valence-electron chi connectivity index (χ2n) is 4.48. The van der Waals surface area contributed by atoms with Crippen molar-refractivity contribution < 1.29 is 0 Å². The standard InChI is InChI=1S/C11H20N4S/c1-7-10(12)11(15(2)14-7)13-8-4-5-9(6-8)16-3/h8-9,13H,4-6,12H2,1-3H3. The van der Waals surface area contributed by atoms with Crippen molar-refractivity contribution in [1.29, 1.82) is 0 Å². The maximum Gasteiger partial charge on any atom is 0.147 e. The van der Waals surface area contributed by atoms with Crippen molar-refractivity contribution in [2.75, 3.05) is 17.3 Å². The van der Waals surface area contributed by atoms with Crippen LogP contribution in [-0.2, 0) is 7.05 Å². The summed E-state index contributed by atoms with van der Waals surface area (Å²) in [5.74, 6) is 0.976. The summed E-state index contributed by atoms with van der Waals surface area (Å²) in [4.78, 5) is 0. The van der Waals surface area contributed by atoms with Crippen LogP contribution in [0.3, 0.4) is 0 Å². The molecule has 1 heterocycles. The van der Waals surface area contributed by atoms with Gasteiger partial charge in [-0.1, -0.05) is 0 Å². The Labute approximate surface area is 101 Å². The molecule has 2 rings (SSSR count). The fourth-order valence-electron chi connectivity index (χ4n) is 2.32. The first-order valence-corrected chi connectivity index (χ1v) is 6.99. The van der Waals surface area contributed by atoms with Crippen molar-refractivity contribution in [3.63, 3.8) is 0 Å². The lowest BCUT2D eigenvalue weighted by atomic mass is 10.2. The molecular formula is C11H20N4S. The van der Waals surface area contributed by atoms with E-state index in [-0.39, 0.29) is 0 Å². The van der Waals surface area contributed by atoms with Crippen LogP contribution in [0.15, 0.2) is 0 Å². The molecule has 2 unspecified atom stereocenters. The average Bonchev–Trinajstić information content (AvgIpc) is 2.80. The van der Waals surface area contributed by atoms with Gasteiger partial charge in [0.1, 0.15) is 5.82 Å². The minimum atomic E-state index is 0.551. The smallest absolute Gasteiger partial charge is 0.147 e. The summed E-state index contributed by atoms with van der Waals surface area (Å²) in [6.45, 7) is 1.94. The Kier molecular flexibility index (Phi) is 3.33. The molecule has 5 heteroatoms. The molecule has 1 aromatic heterocycles. The van der Waals surface area contributed by atoms with Crippen molar-refractivity contribution in [2.45, 2.75) is 37.5 Å². The molecule has 3 N–H and O–H groups in total. The van der Waals surface area contributed by atoms with Gasteiger partial charge in [-0.15, -0.1) is 0 Å². The number of nitrogens with two attached hydrogens (primary N) is 1. The zero-order chi connectivity index (χ0) is 11.7. The van der Waals surface area contributed by atoms with E-state index >= 15 is 0 Å². The molecule has 1 fully saturated rings. The number of anilines is 2. The maximum atomic E-state index is 6.00. The van der Waals surface area contributed by atoms with E-state index in [1.54, 1.807) is 0 Å². The predicted molar refractivity (Wildman–Crippen MR) is 70.9 cm³/mol. The normalized spacial score (nSPS) is 24.9. The Morgan fingerprint density at radius 1 is 1.50 bits per heavy atom. The van der Waals surface area contributed by atoms with Crippen molar-refractivity contribution in [1.82, 2.24) is 9.78 Å². The molecule has 1 aromatic rings. The van der Waals surface area contributed by atoms with E-state index in [2.05, 4.69) is 16.7 Å². The molecule has 4 nitrogen and oxygen atoms in total. The van der Waals surface area contributed by atoms with Gasteiger partial charge in [0, 0.05) is 18.3 Å². The Morgan fingerprint density at radius 3 is 2.75 bits per heavy atom. The van der Waals surface area contributed by atoms with Crippen LogP contribution in [0.1, 0.15) is 25.0 Å². The minimum Gasteiger partial charge on any atom is -0.394 e. The predicted octanol–water partition coefficient (Wildman–Crippen LogP) is 2.01. The van der Waals surface area contributed by atoms with E-state index < -0.39 is 0 Å². The van der Waals surface area contributed by atoms with Gasteiger partial charge < -0.3 is 11.1 Å². The summed E-state index contributed by atoms with van der Waals surface area (Å²) < 4.78 is 1.84. The van der Waals surface area contributed by atoms with E-state index in [1.165, 1.54) is 19.3 Å². The van der Waals surface area contributed by atoms with Gasteiger partial charge in [-0.25, -0.2) is 0 Å². The van der Waals surface area contributed by atoms with Gasteiger partial charge in [-0.2, -0.15) is 16.9 Å². The number of nitrogens with zero attached hydrogens (tertiary/aromatic N) is 2. The highest BCUT2D eigenvalue weighted by Crippen LogP contribution is 2.31. The van der Waals surface area contributed by atoms with E-state index in [9.17, 15) is 0 Å². The largest absolute Gasteiger partial charge is 0.394 e. The Morgan fingerprint density at radius 2 is 2.25 bits per heavy atom. The van der Waals surface area contributed by atoms with Crippen LogP contribution < -0.4 is 11.1 Å². The van der Waals surface area contributed by atoms with Crippen LogP contribution in [0.5, 0.6) is 0 Å². The molecule has 0 aromatic carbocycles. The number of rotatable bonds is 3. The third kappa shape index (κ3) is 2.14. The minimum absolute atomic E-state index is 0.551. The maximum absolute atomic E-state index is 6.00. The van der Waals surface area contributed by atoms with Gasteiger partial charge in [-0.05, 0) is 32.4 Å². The van der Waals surface area contributed by atoms with Gasteiger partial charge in [0.25, 0.3) is 0 Å². The molecule has 90 valence electrons. The summed E-state index contributed by atoms with van der Waals surface area (Å²) in [7, 11) is 1.94.